The molecular formula is C13H19N3O2S3. The molecule has 2 heterocycles. The lowest BCUT2D eigenvalue weighted by Crippen LogP contribution is -2.33. The number of sulfonamides is 1. The Kier molecular flexibility index (Phi) is 4.92. The molecule has 1 saturated heterocycles. The van der Waals surface area contributed by atoms with Crippen LogP contribution in [0.25, 0.3) is 0 Å². The highest BCUT2D eigenvalue weighted by atomic mass is 32.2. The maximum Gasteiger partial charge on any atom is 0.244 e. The Morgan fingerprint density at radius 2 is 2.14 bits per heavy atom. The second-order valence-electron chi connectivity index (χ2n) is 5.51. The number of nitrogens with zero attached hydrogens (tertiary/aromatic N) is 2. The quantitative estimate of drug-likeness (QED) is 0.839. The Bertz CT molecular complexity index is 627. The fourth-order valence-electron chi connectivity index (χ4n) is 2.07. The molecule has 8 heteroatoms. The lowest BCUT2D eigenvalue weighted by atomic mass is 10.1. The molecule has 0 aromatic carbocycles. The summed E-state index contributed by atoms with van der Waals surface area (Å²) in [6.07, 6.45) is 2.16. The van der Waals surface area contributed by atoms with Crippen molar-refractivity contribution in [3.8, 4) is 0 Å². The van der Waals surface area contributed by atoms with Crippen LogP contribution in [0.2, 0.25) is 0 Å². The second-order valence-corrected chi connectivity index (χ2v) is 9.69. The summed E-state index contributed by atoms with van der Waals surface area (Å²) in [5, 5.41) is 0. The maximum absolute atomic E-state index is 12.6. The van der Waals surface area contributed by atoms with Crippen LogP contribution in [0, 0.1) is 0 Å². The van der Waals surface area contributed by atoms with Gasteiger partial charge in [-0.2, -0.15) is 16.1 Å². The normalized spacial score (nSPS) is 19.9. The fourth-order valence-corrected chi connectivity index (χ4v) is 4.79. The summed E-state index contributed by atoms with van der Waals surface area (Å²) < 4.78 is 26.9. The highest BCUT2D eigenvalue weighted by Crippen LogP contribution is 2.32. The second kappa shape index (κ2) is 6.20. The van der Waals surface area contributed by atoms with Crippen LogP contribution in [0.1, 0.15) is 26.0 Å². The van der Waals surface area contributed by atoms with Crippen molar-refractivity contribution in [2.45, 2.75) is 29.9 Å². The minimum atomic E-state index is -3.50. The topological polar surface area (TPSA) is 76.3 Å². The Morgan fingerprint density at radius 3 is 2.71 bits per heavy atom. The van der Waals surface area contributed by atoms with Crippen molar-refractivity contribution in [1.29, 1.82) is 0 Å². The lowest BCUT2D eigenvalue weighted by molar-refractivity contribution is 0.415. The first-order valence-electron chi connectivity index (χ1n) is 6.62. The van der Waals surface area contributed by atoms with Crippen LogP contribution < -0.4 is 5.73 Å². The van der Waals surface area contributed by atoms with Crippen molar-refractivity contribution >= 4 is 39.0 Å². The number of aromatic nitrogens is 1. The molecule has 0 bridgehead atoms. The molecule has 1 aliphatic heterocycles. The van der Waals surface area contributed by atoms with Gasteiger partial charge in [0.2, 0.25) is 10.0 Å². The van der Waals surface area contributed by atoms with Crippen LogP contribution in [0.4, 0.5) is 0 Å². The molecule has 116 valence electrons. The highest BCUT2D eigenvalue weighted by molar-refractivity contribution is 8.00. The van der Waals surface area contributed by atoms with E-state index in [2.05, 4.69) is 18.8 Å². The molecule has 5 nitrogen and oxygen atoms in total. The van der Waals surface area contributed by atoms with Gasteiger partial charge in [0, 0.05) is 29.8 Å². The Morgan fingerprint density at radius 1 is 1.43 bits per heavy atom. The summed E-state index contributed by atoms with van der Waals surface area (Å²) in [6.45, 7) is 5.34. The average molecular weight is 346 g/mol. The van der Waals surface area contributed by atoms with Crippen molar-refractivity contribution in [3.05, 3.63) is 24.0 Å². The maximum atomic E-state index is 12.6. The van der Waals surface area contributed by atoms with Gasteiger partial charge >= 0.3 is 0 Å². The molecule has 0 atom stereocenters. The van der Waals surface area contributed by atoms with Crippen molar-refractivity contribution < 1.29 is 8.42 Å². The predicted molar refractivity (Wildman–Crippen MR) is 90.0 cm³/mol. The first-order chi connectivity index (χ1) is 9.72. The SMILES string of the molecule is CC1(C)CCN(S(=O)(=O)c2ccc(C(N)=S)nc2)CCS1. The number of thioether (sulfide) groups is 1. The van der Waals surface area contributed by atoms with Crippen LogP contribution in [0.3, 0.4) is 0 Å². The molecule has 2 N–H and O–H groups in total. The van der Waals surface area contributed by atoms with Gasteiger partial charge in [-0.15, -0.1) is 0 Å². The fraction of sp³-hybridized carbons (Fsp3) is 0.538. The Labute approximate surface area is 135 Å². The molecule has 1 aromatic heterocycles. The van der Waals surface area contributed by atoms with Crippen molar-refractivity contribution in [3.63, 3.8) is 0 Å². The highest BCUT2D eigenvalue weighted by Gasteiger charge is 2.30. The van der Waals surface area contributed by atoms with E-state index < -0.39 is 10.0 Å². The largest absolute Gasteiger partial charge is 0.388 e. The zero-order valence-electron chi connectivity index (χ0n) is 12.1. The zero-order chi connectivity index (χ0) is 15.7. The van der Waals surface area contributed by atoms with Gasteiger partial charge in [0.05, 0.1) is 5.69 Å². The molecule has 0 spiro atoms. The number of pyridine rings is 1. The first-order valence-corrected chi connectivity index (χ1v) is 9.46. The third kappa shape index (κ3) is 3.94. The van der Waals surface area contributed by atoms with E-state index in [1.807, 2.05) is 11.8 Å². The third-order valence-electron chi connectivity index (χ3n) is 3.42. The van der Waals surface area contributed by atoms with Gasteiger partial charge in [-0.3, -0.25) is 4.98 Å². The summed E-state index contributed by atoms with van der Waals surface area (Å²) in [5.74, 6) is 0.796. The van der Waals surface area contributed by atoms with Crippen LogP contribution in [-0.4, -0.2) is 46.3 Å². The monoisotopic (exact) mass is 345 g/mol. The molecule has 0 aliphatic carbocycles. The van der Waals surface area contributed by atoms with E-state index in [-0.39, 0.29) is 14.6 Å². The summed E-state index contributed by atoms with van der Waals surface area (Å²) in [4.78, 5) is 4.36. The molecule has 1 fully saturated rings. The van der Waals surface area contributed by atoms with Gasteiger partial charge in [0.1, 0.15) is 9.88 Å². The van der Waals surface area contributed by atoms with E-state index in [1.54, 1.807) is 6.07 Å². The van der Waals surface area contributed by atoms with Crippen molar-refractivity contribution in [2.24, 2.45) is 5.73 Å². The van der Waals surface area contributed by atoms with Crippen molar-refractivity contribution in [1.82, 2.24) is 9.29 Å². The van der Waals surface area contributed by atoms with E-state index in [0.717, 1.165) is 12.2 Å². The predicted octanol–water partition coefficient (Wildman–Crippen LogP) is 1.62. The molecule has 0 amide bonds. The van der Waals surface area contributed by atoms with E-state index in [9.17, 15) is 8.42 Å². The van der Waals surface area contributed by atoms with Gasteiger partial charge in [-0.25, -0.2) is 8.42 Å². The number of nitrogens with two attached hydrogens (primary N) is 1. The number of thiocarbonyl (C=S) groups is 1. The number of hydrogen-bond donors (Lipinski definition) is 1. The van der Waals surface area contributed by atoms with Crippen LogP contribution in [-0.2, 0) is 10.0 Å². The van der Waals surface area contributed by atoms with Gasteiger partial charge in [0.25, 0.3) is 0 Å². The van der Waals surface area contributed by atoms with Crippen molar-refractivity contribution in [2.75, 3.05) is 18.8 Å². The molecule has 0 saturated carbocycles. The van der Waals surface area contributed by atoms with Gasteiger partial charge in [0.15, 0.2) is 0 Å². The van der Waals surface area contributed by atoms with Crippen LogP contribution in [0.15, 0.2) is 23.2 Å². The minimum Gasteiger partial charge on any atom is -0.388 e. The molecule has 0 unspecified atom stereocenters. The summed E-state index contributed by atoms with van der Waals surface area (Å²) >= 11 is 6.63. The van der Waals surface area contributed by atoms with Gasteiger partial charge in [-0.1, -0.05) is 26.1 Å². The Balaban J connectivity index is 2.23. The van der Waals surface area contributed by atoms with E-state index in [1.165, 1.54) is 16.6 Å². The lowest BCUT2D eigenvalue weighted by Gasteiger charge is -2.22. The first kappa shape index (κ1) is 16.7. The number of rotatable bonds is 3. The minimum absolute atomic E-state index is 0.109. The third-order valence-corrected chi connectivity index (χ3v) is 6.89. The molecule has 0 radical (unpaired) electrons. The molecule has 21 heavy (non-hydrogen) atoms. The van der Waals surface area contributed by atoms with E-state index in [0.29, 0.717) is 18.8 Å². The molecule has 1 aliphatic rings. The Hall–Kier alpha value is -0.700. The molecule has 1 aromatic rings. The standard InChI is InChI=1S/C13H19N3O2S3/c1-13(2)5-6-16(7-8-20-13)21(17,18)10-3-4-11(12(14)19)15-9-10/h3-4,9H,5-8H2,1-2H3,(H2,14,19). The van der Waals surface area contributed by atoms with Crippen LogP contribution in [0.5, 0.6) is 0 Å². The van der Waals surface area contributed by atoms with Crippen LogP contribution >= 0.6 is 24.0 Å². The number of hydrogen-bond acceptors (Lipinski definition) is 5. The summed E-state index contributed by atoms with van der Waals surface area (Å²) in [6, 6.07) is 3.06. The smallest absolute Gasteiger partial charge is 0.244 e. The average Bonchev–Trinajstić information content (AvgIpc) is 2.60. The summed E-state index contributed by atoms with van der Waals surface area (Å²) in [7, 11) is -3.50. The zero-order valence-corrected chi connectivity index (χ0v) is 14.5. The van der Waals surface area contributed by atoms with E-state index in [4.69, 9.17) is 18.0 Å². The molecular weight excluding hydrogens is 326 g/mol. The van der Waals surface area contributed by atoms with Gasteiger partial charge < -0.3 is 5.73 Å². The molecule has 2 rings (SSSR count). The summed E-state index contributed by atoms with van der Waals surface area (Å²) in [5.41, 5.74) is 5.90. The van der Waals surface area contributed by atoms with E-state index >= 15 is 0 Å². The van der Waals surface area contributed by atoms with Gasteiger partial charge in [-0.05, 0) is 18.6 Å².